The summed E-state index contributed by atoms with van der Waals surface area (Å²) in [6.07, 6.45) is -1.49. The van der Waals surface area contributed by atoms with Crippen LogP contribution in [0.1, 0.15) is 11.1 Å². The van der Waals surface area contributed by atoms with E-state index in [9.17, 15) is 13.2 Å². The van der Waals surface area contributed by atoms with E-state index in [0.717, 1.165) is 12.1 Å². The molecule has 6 heteroatoms. The number of hydrogen-bond acceptors (Lipinski definition) is 3. The number of aliphatic hydroxyl groups is 1. The van der Waals surface area contributed by atoms with Crippen molar-refractivity contribution in [3.63, 3.8) is 0 Å². The van der Waals surface area contributed by atoms with Crippen molar-refractivity contribution < 1.29 is 18.3 Å². The summed E-state index contributed by atoms with van der Waals surface area (Å²) in [6, 6.07) is 4.60. The number of aromatic nitrogens is 2. The number of aliphatic hydroxyl groups excluding tert-OH is 1. The van der Waals surface area contributed by atoms with Crippen LogP contribution in [0.4, 0.5) is 13.2 Å². The molecule has 2 aromatic rings. The van der Waals surface area contributed by atoms with E-state index in [-0.39, 0.29) is 6.61 Å². The Labute approximate surface area is 101 Å². The van der Waals surface area contributed by atoms with E-state index >= 15 is 0 Å². The van der Waals surface area contributed by atoms with Crippen molar-refractivity contribution >= 4 is 0 Å². The van der Waals surface area contributed by atoms with Gasteiger partial charge >= 0.3 is 6.18 Å². The third kappa shape index (κ3) is 2.65. The first kappa shape index (κ1) is 12.5. The van der Waals surface area contributed by atoms with Gasteiger partial charge in [0, 0.05) is 23.5 Å². The molecule has 0 unspecified atom stereocenters. The first-order chi connectivity index (χ1) is 8.50. The van der Waals surface area contributed by atoms with Crippen LogP contribution >= 0.6 is 0 Å². The molecule has 0 fully saturated rings. The Kier molecular flexibility index (Phi) is 3.29. The molecule has 0 spiro atoms. The summed E-state index contributed by atoms with van der Waals surface area (Å²) in [5.41, 5.74) is 0.330. The van der Waals surface area contributed by atoms with Gasteiger partial charge < -0.3 is 5.11 Å². The maximum Gasteiger partial charge on any atom is 0.416 e. The van der Waals surface area contributed by atoms with Crippen LogP contribution < -0.4 is 0 Å². The summed E-state index contributed by atoms with van der Waals surface area (Å²) >= 11 is 0. The molecule has 2 rings (SSSR count). The van der Waals surface area contributed by atoms with E-state index in [1.165, 1.54) is 24.5 Å². The van der Waals surface area contributed by atoms with E-state index in [4.69, 9.17) is 5.11 Å². The Bertz CT molecular complexity index is 521. The van der Waals surface area contributed by atoms with Gasteiger partial charge in [0.25, 0.3) is 0 Å². The fourth-order valence-corrected chi connectivity index (χ4v) is 1.39. The summed E-state index contributed by atoms with van der Waals surface area (Å²) in [5, 5.41) is 8.82. The molecule has 0 radical (unpaired) electrons. The molecule has 0 aliphatic rings. The SMILES string of the molecule is OCc1cnc(-c2ccc(C(F)(F)F)cc2)nc1. The minimum Gasteiger partial charge on any atom is -0.392 e. The van der Waals surface area contributed by atoms with Crippen LogP contribution in [0.15, 0.2) is 36.7 Å². The minimum atomic E-state index is -4.35. The monoisotopic (exact) mass is 254 g/mol. The minimum absolute atomic E-state index is 0.173. The molecule has 0 saturated heterocycles. The summed E-state index contributed by atoms with van der Waals surface area (Å²) in [7, 11) is 0. The highest BCUT2D eigenvalue weighted by molar-refractivity contribution is 5.55. The van der Waals surface area contributed by atoms with Gasteiger partial charge in [0.05, 0.1) is 12.2 Å². The van der Waals surface area contributed by atoms with Crippen molar-refractivity contribution in [3.8, 4) is 11.4 Å². The second kappa shape index (κ2) is 4.73. The number of halogens is 3. The average molecular weight is 254 g/mol. The maximum atomic E-state index is 12.4. The lowest BCUT2D eigenvalue weighted by Crippen LogP contribution is -2.04. The maximum absolute atomic E-state index is 12.4. The summed E-state index contributed by atoms with van der Waals surface area (Å²) in [5.74, 6) is 0.320. The van der Waals surface area contributed by atoms with Gasteiger partial charge in [-0.25, -0.2) is 9.97 Å². The zero-order chi connectivity index (χ0) is 13.2. The smallest absolute Gasteiger partial charge is 0.392 e. The van der Waals surface area contributed by atoms with Gasteiger partial charge in [-0.1, -0.05) is 12.1 Å². The Morgan fingerprint density at radius 3 is 2.00 bits per heavy atom. The predicted octanol–water partition coefficient (Wildman–Crippen LogP) is 2.65. The van der Waals surface area contributed by atoms with E-state index in [1.807, 2.05) is 0 Å². The predicted molar refractivity (Wildman–Crippen MR) is 58.4 cm³/mol. The van der Waals surface area contributed by atoms with Crippen LogP contribution in [0.5, 0.6) is 0 Å². The number of rotatable bonds is 2. The number of alkyl halides is 3. The van der Waals surface area contributed by atoms with Crippen molar-refractivity contribution in [2.45, 2.75) is 12.8 Å². The summed E-state index contributed by atoms with van der Waals surface area (Å²) < 4.78 is 37.1. The molecule has 0 aliphatic carbocycles. The first-order valence-electron chi connectivity index (χ1n) is 5.10. The van der Waals surface area contributed by atoms with Gasteiger partial charge in [0.1, 0.15) is 0 Å². The normalized spacial score (nSPS) is 11.6. The molecule has 1 aromatic carbocycles. The van der Waals surface area contributed by atoms with Gasteiger partial charge in [0.2, 0.25) is 0 Å². The van der Waals surface area contributed by atoms with Gasteiger partial charge in [-0.15, -0.1) is 0 Å². The molecular formula is C12H9F3N2O. The quantitative estimate of drug-likeness (QED) is 0.896. The van der Waals surface area contributed by atoms with Gasteiger partial charge in [-0.2, -0.15) is 13.2 Å². The van der Waals surface area contributed by atoms with Crippen molar-refractivity contribution in [1.29, 1.82) is 0 Å². The van der Waals surface area contributed by atoms with Gasteiger partial charge in [-0.3, -0.25) is 0 Å². The topological polar surface area (TPSA) is 46.0 Å². The van der Waals surface area contributed by atoms with Crippen LogP contribution in [0.25, 0.3) is 11.4 Å². The van der Waals surface area contributed by atoms with Gasteiger partial charge in [0.15, 0.2) is 5.82 Å². The molecule has 18 heavy (non-hydrogen) atoms. The molecule has 1 N–H and O–H groups in total. The second-order valence-electron chi connectivity index (χ2n) is 3.65. The second-order valence-corrected chi connectivity index (χ2v) is 3.65. The zero-order valence-corrected chi connectivity index (χ0v) is 9.15. The molecule has 0 saturated carbocycles. The van der Waals surface area contributed by atoms with Crippen LogP contribution in [0.3, 0.4) is 0 Å². The highest BCUT2D eigenvalue weighted by Crippen LogP contribution is 2.30. The fourth-order valence-electron chi connectivity index (χ4n) is 1.39. The Morgan fingerprint density at radius 2 is 1.56 bits per heavy atom. The largest absolute Gasteiger partial charge is 0.416 e. The van der Waals surface area contributed by atoms with Crippen LogP contribution in [-0.2, 0) is 12.8 Å². The highest BCUT2D eigenvalue weighted by Gasteiger charge is 2.30. The molecule has 94 valence electrons. The lowest BCUT2D eigenvalue weighted by Gasteiger charge is -2.07. The summed E-state index contributed by atoms with van der Waals surface area (Å²) in [4.78, 5) is 7.92. The van der Waals surface area contributed by atoms with E-state index in [0.29, 0.717) is 17.0 Å². The van der Waals surface area contributed by atoms with E-state index in [1.54, 1.807) is 0 Å². The first-order valence-corrected chi connectivity index (χ1v) is 5.10. The van der Waals surface area contributed by atoms with Gasteiger partial charge in [-0.05, 0) is 12.1 Å². The number of benzene rings is 1. The Hall–Kier alpha value is -1.95. The highest BCUT2D eigenvalue weighted by atomic mass is 19.4. The molecule has 3 nitrogen and oxygen atoms in total. The Balaban J connectivity index is 2.28. The van der Waals surface area contributed by atoms with Crippen molar-refractivity contribution in [2.75, 3.05) is 0 Å². The van der Waals surface area contributed by atoms with E-state index < -0.39 is 11.7 Å². The molecule has 0 aliphatic heterocycles. The molecule has 1 aromatic heterocycles. The third-order valence-electron chi connectivity index (χ3n) is 2.36. The lowest BCUT2D eigenvalue weighted by molar-refractivity contribution is -0.137. The van der Waals surface area contributed by atoms with Crippen LogP contribution in [0.2, 0.25) is 0 Å². The van der Waals surface area contributed by atoms with E-state index in [2.05, 4.69) is 9.97 Å². The molecule has 0 bridgehead atoms. The fraction of sp³-hybridized carbons (Fsp3) is 0.167. The Morgan fingerprint density at radius 1 is 1.00 bits per heavy atom. The molecular weight excluding hydrogens is 245 g/mol. The number of nitrogens with zero attached hydrogens (tertiary/aromatic N) is 2. The number of hydrogen-bond donors (Lipinski definition) is 1. The third-order valence-corrected chi connectivity index (χ3v) is 2.36. The summed E-state index contributed by atoms with van der Waals surface area (Å²) in [6.45, 7) is -0.173. The lowest BCUT2D eigenvalue weighted by atomic mass is 10.1. The molecule has 0 amide bonds. The van der Waals surface area contributed by atoms with Crippen LogP contribution in [-0.4, -0.2) is 15.1 Å². The standard InChI is InChI=1S/C12H9F3N2O/c13-12(14,15)10-3-1-9(2-4-10)11-16-5-8(7-18)6-17-11/h1-6,18H,7H2. The van der Waals surface area contributed by atoms with Crippen molar-refractivity contribution in [3.05, 3.63) is 47.8 Å². The molecule has 1 heterocycles. The van der Waals surface area contributed by atoms with Crippen LogP contribution in [0, 0.1) is 0 Å². The molecule has 0 atom stereocenters. The van der Waals surface area contributed by atoms with Crippen molar-refractivity contribution in [2.24, 2.45) is 0 Å². The average Bonchev–Trinajstić information content (AvgIpc) is 2.38. The van der Waals surface area contributed by atoms with Crippen molar-refractivity contribution in [1.82, 2.24) is 9.97 Å². The zero-order valence-electron chi connectivity index (χ0n) is 9.15.